The van der Waals surface area contributed by atoms with Gasteiger partial charge in [0.25, 0.3) is 5.91 Å². The van der Waals surface area contributed by atoms with Crippen LogP contribution in [0.15, 0.2) is 107 Å². The Kier molecular flexibility index (Phi) is 5.52. The average molecular weight is 572 g/mol. The minimum absolute atomic E-state index is 0.0197. The zero-order valence-corrected chi connectivity index (χ0v) is 22.9. The van der Waals surface area contributed by atoms with E-state index in [1.54, 1.807) is 18.2 Å². The van der Waals surface area contributed by atoms with E-state index in [1.807, 2.05) is 83.4 Å². The van der Waals surface area contributed by atoms with Gasteiger partial charge in [-0.25, -0.2) is 15.0 Å². The zero-order valence-electron chi connectivity index (χ0n) is 22.1. The van der Waals surface area contributed by atoms with E-state index in [2.05, 4.69) is 0 Å². The van der Waals surface area contributed by atoms with Gasteiger partial charge in [0, 0.05) is 22.2 Å². The molecule has 1 atom stereocenters. The molecule has 0 fully saturated rings. The third-order valence-electron chi connectivity index (χ3n) is 7.76. The first-order valence-electron chi connectivity index (χ1n) is 13.5. The summed E-state index contributed by atoms with van der Waals surface area (Å²) in [6, 6.07) is 29.5. The first-order valence-corrected chi connectivity index (χ1v) is 13.9. The highest BCUT2D eigenvalue weighted by molar-refractivity contribution is 6.30. The monoisotopic (exact) mass is 571 g/mol. The van der Waals surface area contributed by atoms with Crippen molar-refractivity contribution in [1.82, 2.24) is 19.5 Å². The van der Waals surface area contributed by atoms with Gasteiger partial charge in [0.15, 0.2) is 11.4 Å². The molecule has 4 aromatic carbocycles. The number of halogens is 1. The summed E-state index contributed by atoms with van der Waals surface area (Å²) >= 11 is 6.19. The number of carbonyl (C=O) groups is 1. The molecule has 0 saturated heterocycles. The number of para-hydroxylation sites is 3. The summed E-state index contributed by atoms with van der Waals surface area (Å²) in [6.45, 7) is 0.0197. The van der Waals surface area contributed by atoms with Crippen LogP contribution in [-0.4, -0.2) is 36.3 Å². The fourth-order valence-corrected chi connectivity index (χ4v) is 5.88. The second-order valence-corrected chi connectivity index (χ2v) is 10.8. The molecule has 8 nitrogen and oxygen atoms in total. The molecule has 0 radical (unpaired) electrons. The maximum absolute atomic E-state index is 14.2. The van der Waals surface area contributed by atoms with E-state index in [-0.39, 0.29) is 24.2 Å². The molecule has 1 unspecified atom stereocenters. The van der Waals surface area contributed by atoms with Crippen molar-refractivity contribution in [3.8, 4) is 5.75 Å². The highest BCUT2D eigenvalue weighted by Crippen LogP contribution is 2.36. The van der Waals surface area contributed by atoms with E-state index in [9.17, 15) is 9.90 Å². The van der Waals surface area contributed by atoms with Crippen LogP contribution in [0.2, 0.25) is 5.02 Å². The Bertz CT molecular complexity index is 2220. The maximum atomic E-state index is 14.2. The molecule has 3 aromatic heterocycles. The van der Waals surface area contributed by atoms with Crippen LogP contribution in [0.3, 0.4) is 0 Å². The molecular weight excluding hydrogens is 550 g/mol. The Labute approximate surface area is 244 Å². The number of benzene rings is 4. The second kappa shape index (κ2) is 9.43. The summed E-state index contributed by atoms with van der Waals surface area (Å²) in [7, 11) is 0. The predicted octanol–water partition coefficient (Wildman–Crippen LogP) is 7.22. The summed E-state index contributed by atoms with van der Waals surface area (Å²) in [4.78, 5) is 24.0. The van der Waals surface area contributed by atoms with Crippen molar-refractivity contribution in [2.45, 2.75) is 19.0 Å². The molecule has 1 N–H and O–H groups in total. The van der Waals surface area contributed by atoms with Gasteiger partial charge in [-0.05, 0) is 60.2 Å². The SMILES string of the molecule is O=C(Cn1c2ccccc2c2nc3ccccc3nc21)N1N=C(c2cc3cc(O)ccc3o2)CC1c1ccc(Cl)cc1. The molecular formula is C33H22ClN5O3. The third-order valence-corrected chi connectivity index (χ3v) is 8.01. The number of phenolic OH excluding ortho intramolecular Hbond substituents is 1. The van der Waals surface area contributed by atoms with Crippen LogP contribution in [0.25, 0.3) is 44.1 Å². The fourth-order valence-electron chi connectivity index (χ4n) is 5.76. The van der Waals surface area contributed by atoms with Gasteiger partial charge in [-0.15, -0.1) is 0 Å². The van der Waals surface area contributed by atoms with Gasteiger partial charge in [0.2, 0.25) is 0 Å². The van der Waals surface area contributed by atoms with Crippen molar-refractivity contribution in [3.05, 3.63) is 113 Å². The fraction of sp³-hybridized carbons (Fsp3) is 0.0909. The van der Waals surface area contributed by atoms with Crippen LogP contribution in [0.4, 0.5) is 0 Å². The van der Waals surface area contributed by atoms with Gasteiger partial charge in [-0.1, -0.05) is 54.1 Å². The molecule has 9 heteroatoms. The summed E-state index contributed by atoms with van der Waals surface area (Å²) in [5.41, 5.74) is 6.02. The lowest BCUT2D eigenvalue weighted by atomic mass is 10.0. The normalized spacial score (nSPS) is 15.3. The molecule has 8 rings (SSSR count). The second-order valence-electron chi connectivity index (χ2n) is 10.4. The topological polar surface area (TPSA) is 96.8 Å². The third kappa shape index (κ3) is 3.99. The number of furan rings is 1. The number of hydrogen-bond acceptors (Lipinski definition) is 6. The predicted molar refractivity (Wildman–Crippen MR) is 163 cm³/mol. The van der Waals surface area contributed by atoms with Gasteiger partial charge < -0.3 is 14.1 Å². The summed E-state index contributed by atoms with van der Waals surface area (Å²) in [5, 5.41) is 18.6. The number of hydrazone groups is 1. The van der Waals surface area contributed by atoms with Crippen LogP contribution in [0.5, 0.6) is 5.75 Å². The Morgan fingerprint density at radius 1 is 0.929 bits per heavy atom. The van der Waals surface area contributed by atoms with Crippen LogP contribution in [-0.2, 0) is 11.3 Å². The summed E-state index contributed by atoms with van der Waals surface area (Å²) < 4.78 is 8.00. The molecule has 1 amide bonds. The molecule has 204 valence electrons. The standard InChI is InChI=1S/C33H22ClN5O3/c34-21-11-9-19(10-12-21)28-17-26(30-16-20-15-22(40)13-14-29(20)42-30)37-39(28)31(41)18-38-27-8-4-1-5-23(27)32-33(38)36-25-7-3-2-6-24(25)35-32/h1-16,28,40H,17-18H2. The number of rotatable bonds is 4. The highest BCUT2D eigenvalue weighted by Gasteiger charge is 2.35. The lowest BCUT2D eigenvalue weighted by Crippen LogP contribution is -2.30. The number of fused-ring (bicyclic) bond motifs is 5. The Morgan fingerprint density at radius 2 is 1.69 bits per heavy atom. The molecule has 42 heavy (non-hydrogen) atoms. The van der Waals surface area contributed by atoms with Crippen molar-refractivity contribution < 1.29 is 14.3 Å². The van der Waals surface area contributed by atoms with Crippen LogP contribution < -0.4 is 0 Å². The maximum Gasteiger partial charge on any atom is 0.263 e. The van der Waals surface area contributed by atoms with E-state index >= 15 is 0 Å². The molecule has 0 aliphatic carbocycles. The molecule has 4 heterocycles. The lowest BCUT2D eigenvalue weighted by molar-refractivity contribution is -0.133. The number of carbonyl (C=O) groups excluding carboxylic acids is 1. The van der Waals surface area contributed by atoms with E-state index in [1.165, 1.54) is 5.01 Å². The first-order chi connectivity index (χ1) is 20.5. The number of aromatic nitrogens is 3. The van der Waals surface area contributed by atoms with Gasteiger partial charge >= 0.3 is 0 Å². The van der Waals surface area contributed by atoms with E-state index in [0.717, 1.165) is 38.4 Å². The lowest BCUT2D eigenvalue weighted by Gasteiger charge is -2.22. The van der Waals surface area contributed by atoms with Gasteiger partial charge in [0.05, 0.1) is 22.6 Å². The minimum atomic E-state index is -0.355. The van der Waals surface area contributed by atoms with Crippen molar-refractivity contribution in [3.63, 3.8) is 0 Å². The quantitative estimate of drug-likeness (QED) is 0.240. The van der Waals surface area contributed by atoms with Crippen molar-refractivity contribution in [2.75, 3.05) is 0 Å². The Hall–Kier alpha value is -5.21. The van der Waals surface area contributed by atoms with Crippen LogP contribution in [0, 0.1) is 0 Å². The first kappa shape index (κ1) is 24.6. The van der Waals surface area contributed by atoms with Crippen molar-refractivity contribution >= 4 is 67.3 Å². The number of hydrogen-bond donors (Lipinski definition) is 1. The number of phenols is 1. The van der Waals surface area contributed by atoms with Crippen molar-refractivity contribution in [2.24, 2.45) is 5.10 Å². The molecule has 0 spiro atoms. The van der Waals surface area contributed by atoms with Gasteiger partial charge in [-0.3, -0.25) is 4.79 Å². The molecule has 1 aliphatic rings. The van der Waals surface area contributed by atoms with Crippen LogP contribution in [0.1, 0.15) is 23.8 Å². The van der Waals surface area contributed by atoms with E-state index in [0.29, 0.717) is 34.1 Å². The van der Waals surface area contributed by atoms with Gasteiger partial charge in [-0.2, -0.15) is 5.10 Å². The molecule has 7 aromatic rings. The van der Waals surface area contributed by atoms with E-state index in [4.69, 9.17) is 31.1 Å². The largest absolute Gasteiger partial charge is 0.508 e. The zero-order chi connectivity index (χ0) is 28.4. The highest BCUT2D eigenvalue weighted by atomic mass is 35.5. The Morgan fingerprint density at radius 3 is 2.52 bits per heavy atom. The number of amides is 1. The molecule has 0 saturated carbocycles. The van der Waals surface area contributed by atoms with E-state index < -0.39 is 0 Å². The van der Waals surface area contributed by atoms with Crippen molar-refractivity contribution in [1.29, 1.82) is 0 Å². The molecule has 1 aliphatic heterocycles. The number of aromatic hydroxyl groups is 1. The summed E-state index contributed by atoms with van der Waals surface area (Å²) in [6.07, 6.45) is 0.455. The number of nitrogens with zero attached hydrogens (tertiary/aromatic N) is 5. The smallest absolute Gasteiger partial charge is 0.263 e. The molecule has 0 bridgehead atoms. The van der Waals surface area contributed by atoms with Gasteiger partial charge in [0.1, 0.15) is 29.1 Å². The average Bonchev–Trinajstić information content (AvgIpc) is 3.71. The summed E-state index contributed by atoms with van der Waals surface area (Å²) in [5.74, 6) is 0.511. The Balaban J connectivity index is 1.23. The van der Waals surface area contributed by atoms with Crippen LogP contribution >= 0.6 is 11.6 Å². The minimum Gasteiger partial charge on any atom is -0.508 e.